The Bertz CT molecular complexity index is 604. The summed E-state index contributed by atoms with van der Waals surface area (Å²) in [7, 11) is -3.14. The highest BCUT2D eigenvalue weighted by Gasteiger charge is 2.34. The Morgan fingerprint density at radius 2 is 1.95 bits per heavy atom. The average Bonchev–Trinajstić information content (AvgIpc) is 2.41. The van der Waals surface area contributed by atoms with Crippen LogP contribution in [0.5, 0.6) is 0 Å². The van der Waals surface area contributed by atoms with Gasteiger partial charge in [0.1, 0.15) is 0 Å². The van der Waals surface area contributed by atoms with Crippen LogP contribution in [0.1, 0.15) is 18.4 Å². The van der Waals surface area contributed by atoms with Gasteiger partial charge in [0.05, 0.1) is 4.90 Å². The molecule has 20 heavy (non-hydrogen) atoms. The third-order valence-corrected chi connectivity index (χ3v) is 5.74. The average molecular weight is 294 g/mol. The monoisotopic (exact) mass is 294 g/mol. The minimum Gasteiger partial charge on any atom is -0.380 e. The molecule has 3 aliphatic rings. The molecule has 1 aromatic rings. The number of nitrogens with one attached hydrogen (secondary N) is 1. The van der Waals surface area contributed by atoms with E-state index in [9.17, 15) is 8.42 Å². The zero-order valence-corrected chi connectivity index (χ0v) is 12.9. The standard InChI is InChI=1S/C15H22N2O2S/c1-11-3-4-13(20(2,18)19)9-14(11)16-15-10-17-7-5-12(15)6-8-17/h3-4,9,12,15-16H,5-8,10H2,1-2H3. The number of sulfone groups is 1. The zero-order valence-electron chi connectivity index (χ0n) is 12.1. The van der Waals surface area contributed by atoms with Gasteiger partial charge in [-0.25, -0.2) is 8.42 Å². The molecule has 1 unspecified atom stereocenters. The van der Waals surface area contributed by atoms with Gasteiger partial charge in [-0.2, -0.15) is 0 Å². The summed E-state index contributed by atoms with van der Waals surface area (Å²) in [5.74, 6) is 0.723. The molecular weight excluding hydrogens is 272 g/mol. The molecule has 1 N–H and O–H groups in total. The summed E-state index contributed by atoms with van der Waals surface area (Å²) < 4.78 is 23.4. The van der Waals surface area contributed by atoms with Gasteiger partial charge in [0.15, 0.2) is 9.84 Å². The van der Waals surface area contributed by atoms with E-state index in [0.29, 0.717) is 10.9 Å². The summed E-state index contributed by atoms with van der Waals surface area (Å²) >= 11 is 0. The topological polar surface area (TPSA) is 49.4 Å². The Morgan fingerprint density at radius 3 is 2.50 bits per heavy atom. The fraction of sp³-hybridized carbons (Fsp3) is 0.600. The van der Waals surface area contributed by atoms with Crippen LogP contribution >= 0.6 is 0 Å². The highest BCUT2D eigenvalue weighted by atomic mass is 32.2. The Balaban J connectivity index is 1.83. The van der Waals surface area contributed by atoms with E-state index in [0.717, 1.165) is 23.7 Å². The highest BCUT2D eigenvalue weighted by Crippen LogP contribution is 2.31. The maximum absolute atomic E-state index is 11.7. The third-order valence-electron chi connectivity index (χ3n) is 4.63. The first-order valence-corrected chi connectivity index (χ1v) is 9.12. The minimum atomic E-state index is -3.14. The lowest BCUT2D eigenvalue weighted by molar-refractivity contribution is 0.0975. The van der Waals surface area contributed by atoms with Gasteiger partial charge in [0.2, 0.25) is 0 Å². The number of hydrogen-bond acceptors (Lipinski definition) is 4. The van der Waals surface area contributed by atoms with Crippen LogP contribution in [0.15, 0.2) is 23.1 Å². The van der Waals surface area contributed by atoms with Crippen molar-refractivity contribution in [3.8, 4) is 0 Å². The molecule has 0 aliphatic carbocycles. The summed E-state index contributed by atoms with van der Waals surface area (Å²) in [6.07, 6.45) is 3.76. The molecule has 4 rings (SSSR count). The summed E-state index contributed by atoms with van der Waals surface area (Å²) in [5.41, 5.74) is 2.07. The Morgan fingerprint density at radius 1 is 1.25 bits per heavy atom. The number of rotatable bonds is 3. The molecule has 0 spiro atoms. The minimum absolute atomic E-state index is 0.395. The molecule has 3 fully saturated rings. The van der Waals surface area contributed by atoms with E-state index in [-0.39, 0.29) is 0 Å². The predicted octanol–water partition coefficient (Wildman–Crippen LogP) is 1.90. The van der Waals surface area contributed by atoms with Crippen molar-refractivity contribution in [2.45, 2.75) is 30.7 Å². The first kappa shape index (κ1) is 13.9. The van der Waals surface area contributed by atoms with Gasteiger partial charge in [-0.1, -0.05) is 6.07 Å². The normalized spacial score (nSPS) is 29.4. The van der Waals surface area contributed by atoms with Crippen LogP contribution in [0.4, 0.5) is 5.69 Å². The van der Waals surface area contributed by atoms with Crippen LogP contribution in [0.3, 0.4) is 0 Å². The summed E-state index contributed by atoms with van der Waals surface area (Å²) in [6, 6.07) is 5.81. The van der Waals surface area contributed by atoms with E-state index in [4.69, 9.17) is 0 Å². The number of anilines is 1. The van der Waals surface area contributed by atoms with Gasteiger partial charge >= 0.3 is 0 Å². The van der Waals surface area contributed by atoms with Crippen molar-refractivity contribution in [1.82, 2.24) is 4.90 Å². The van der Waals surface area contributed by atoms with Gasteiger partial charge in [0, 0.05) is 24.5 Å². The van der Waals surface area contributed by atoms with Crippen LogP contribution in [0.25, 0.3) is 0 Å². The molecule has 0 aromatic heterocycles. The Labute approximate surface area is 121 Å². The predicted molar refractivity (Wildman–Crippen MR) is 80.9 cm³/mol. The molecule has 3 heterocycles. The van der Waals surface area contributed by atoms with Crippen molar-refractivity contribution in [2.75, 3.05) is 31.2 Å². The molecule has 110 valence electrons. The van der Waals surface area contributed by atoms with E-state index in [1.807, 2.05) is 13.0 Å². The lowest BCUT2D eigenvalue weighted by Gasteiger charge is -2.45. The largest absolute Gasteiger partial charge is 0.380 e. The number of aryl methyl sites for hydroxylation is 1. The van der Waals surface area contributed by atoms with Gasteiger partial charge in [-0.05, 0) is 56.5 Å². The molecule has 4 nitrogen and oxygen atoms in total. The molecule has 1 aromatic carbocycles. The van der Waals surface area contributed by atoms with Crippen molar-refractivity contribution in [2.24, 2.45) is 5.92 Å². The molecule has 2 bridgehead atoms. The number of fused-ring (bicyclic) bond motifs is 3. The smallest absolute Gasteiger partial charge is 0.175 e. The second-order valence-electron chi connectivity index (χ2n) is 6.14. The van der Waals surface area contributed by atoms with E-state index in [1.54, 1.807) is 12.1 Å². The lowest BCUT2D eigenvalue weighted by Crippen LogP contribution is -2.53. The van der Waals surface area contributed by atoms with E-state index < -0.39 is 9.84 Å². The van der Waals surface area contributed by atoms with Crippen molar-refractivity contribution in [3.05, 3.63) is 23.8 Å². The fourth-order valence-corrected chi connectivity index (χ4v) is 3.96. The number of piperidine rings is 3. The molecule has 0 radical (unpaired) electrons. The van der Waals surface area contributed by atoms with Gasteiger partial charge in [-0.3, -0.25) is 0 Å². The van der Waals surface area contributed by atoms with Gasteiger partial charge < -0.3 is 10.2 Å². The van der Waals surface area contributed by atoms with Crippen molar-refractivity contribution in [3.63, 3.8) is 0 Å². The van der Waals surface area contributed by atoms with Crippen LogP contribution in [0.2, 0.25) is 0 Å². The SMILES string of the molecule is Cc1ccc(S(C)(=O)=O)cc1NC1CN2CCC1CC2. The first-order chi connectivity index (χ1) is 9.43. The third kappa shape index (κ3) is 2.69. The van der Waals surface area contributed by atoms with Gasteiger partial charge in [-0.15, -0.1) is 0 Å². The fourth-order valence-electron chi connectivity index (χ4n) is 3.32. The summed E-state index contributed by atoms with van der Waals surface area (Å²) in [5, 5.41) is 3.59. The Hall–Kier alpha value is -1.07. The first-order valence-electron chi connectivity index (χ1n) is 7.23. The van der Waals surface area contributed by atoms with E-state index in [2.05, 4.69) is 10.2 Å². The van der Waals surface area contributed by atoms with Gasteiger partial charge in [0.25, 0.3) is 0 Å². The zero-order chi connectivity index (χ0) is 14.3. The maximum atomic E-state index is 11.7. The van der Waals surface area contributed by atoms with Crippen molar-refractivity contribution >= 4 is 15.5 Å². The summed E-state index contributed by atoms with van der Waals surface area (Å²) in [6.45, 7) is 5.53. The second kappa shape index (κ2) is 5.04. The van der Waals surface area contributed by atoms with E-state index in [1.165, 1.54) is 32.2 Å². The van der Waals surface area contributed by atoms with Crippen LogP contribution in [-0.4, -0.2) is 45.2 Å². The van der Waals surface area contributed by atoms with Crippen LogP contribution in [-0.2, 0) is 9.84 Å². The molecule has 0 saturated carbocycles. The van der Waals surface area contributed by atoms with E-state index >= 15 is 0 Å². The van der Waals surface area contributed by atoms with Crippen LogP contribution < -0.4 is 5.32 Å². The molecule has 3 saturated heterocycles. The van der Waals surface area contributed by atoms with Crippen molar-refractivity contribution < 1.29 is 8.42 Å². The second-order valence-corrected chi connectivity index (χ2v) is 8.15. The molecule has 0 amide bonds. The number of hydrogen-bond donors (Lipinski definition) is 1. The van der Waals surface area contributed by atoms with Crippen molar-refractivity contribution in [1.29, 1.82) is 0 Å². The highest BCUT2D eigenvalue weighted by molar-refractivity contribution is 7.90. The molecule has 3 aliphatic heterocycles. The lowest BCUT2D eigenvalue weighted by atomic mass is 9.84. The number of nitrogens with zero attached hydrogens (tertiary/aromatic N) is 1. The van der Waals surface area contributed by atoms with Crippen LogP contribution in [0, 0.1) is 12.8 Å². The number of benzene rings is 1. The quantitative estimate of drug-likeness (QED) is 0.925. The Kier molecular flexibility index (Phi) is 3.50. The molecular formula is C15H22N2O2S. The molecule has 5 heteroatoms. The maximum Gasteiger partial charge on any atom is 0.175 e. The molecule has 1 atom stereocenters. The summed E-state index contributed by atoms with van der Waals surface area (Å²) in [4.78, 5) is 2.89.